The van der Waals surface area contributed by atoms with E-state index in [4.69, 9.17) is 4.99 Å². The van der Waals surface area contributed by atoms with Gasteiger partial charge in [-0.1, -0.05) is 0 Å². The molecule has 1 aromatic rings. The van der Waals surface area contributed by atoms with Crippen LogP contribution < -0.4 is 10.6 Å². The minimum absolute atomic E-state index is 0. The molecule has 0 aliphatic carbocycles. The second-order valence-corrected chi connectivity index (χ2v) is 7.47. The fourth-order valence-electron chi connectivity index (χ4n) is 3.24. The number of halogens is 1. The Labute approximate surface area is 183 Å². The summed E-state index contributed by atoms with van der Waals surface area (Å²) in [6.45, 7) is 20.0. The summed E-state index contributed by atoms with van der Waals surface area (Å²) in [7, 11) is 0. The molecular formula is C20H41IN6. The maximum atomic E-state index is 4.69. The first-order chi connectivity index (χ1) is 12.3. The molecule has 0 radical (unpaired) electrons. The van der Waals surface area contributed by atoms with Crippen molar-refractivity contribution in [3.05, 3.63) is 17.5 Å². The van der Waals surface area contributed by atoms with Crippen LogP contribution in [0.4, 0.5) is 0 Å². The van der Waals surface area contributed by atoms with Crippen LogP contribution in [0.2, 0.25) is 0 Å². The maximum Gasteiger partial charge on any atom is 0.191 e. The minimum Gasteiger partial charge on any atom is -0.357 e. The van der Waals surface area contributed by atoms with Gasteiger partial charge in [0.15, 0.2) is 5.96 Å². The van der Waals surface area contributed by atoms with Crippen molar-refractivity contribution >= 4 is 29.9 Å². The predicted molar refractivity (Wildman–Crippen MR) is 127 cm³/mol. The van der Waals surface area contributed by atoms with Gasteiger partial charge in [-0.2, -0.15) is 5.10 Å². The van der Waals surface area contributed by atoms with Gasteiger partial charge in [0.2, 0.25) is 0 Å². The molecule has 6 nitrogen and oxygen atoms in total. The van der Waals surface area contributed by atoms with Crippen LogP contribution in [0.3, 0.4) is 0 Å². The fourth-order valence-corrected chi connectivity index (χ4v) is 3.24. The van der Waals surface area contributed by atoms with E-state index in [9.17, 15) is 0 Å². The molecule has 0 atom stereocenters. The Balaban J connectivity index is 0.00000676. The van der Waals surface area contributed by atoms with Crippen molar-refractivity contribution in [3.8, 4) is 0 Å². The van der Waals surface area contributed by atoms with E-state index >= 15 is 0 Å². The number of aryl methyl sites for hydroxylation is 3. The average molecular weight is 492 g/mol. The van der Waals surface area contributed by atoms with Gasteiger partial charge in [0, 0.05) is 50.5 Å². The smallest absolute Gasteiger partial charge is 0.191 e. The number of nitrogens with one attached hydrogen (secondary N) is 2. The topological polar surface area (TPSA) is 57.5 Å². The Hall–Kier alpha value is -0.830. The first-order valence-corrected chi connectivity index (χ1v) is 10.1. The summed E-state index contributed by atoms with van der Waals surface area (Å²) in [4.78, 5) is 7.22. The molecule has 2 N–H and O–H groups in total. The summed E-state index contributed by atoms with van der Waals surface area (Å²) in [5.74, 6) is 0.918. The molecule has 0 aromatic carbocycles. The average Bonchev–Trinajstić information content (AvgIpc) is 2.87. The zero-order valence-corrected chi connectivity index (χ0v) is 20.7. The SMILES string of the molecule is CCNC(=NCCCn1nc(C)cc1C)NCCCN(C(C)C)C(C)C.I. The second-order valence-electron chi connectivity index (χ2n) is 7.47. The quantitative estimate of drug-likeness (QED) is 0.215. The monoisotopic (exact) mass is 492 g/mol. The highest BCUT2D eigenvalue weighted by Crippen LogP contribution is 2.05. The summed E-state index contributed by atoms with van der Waals surface area (Å²) < 4.78 is 2.07. The normalized spacial score (nSPS) is 12.0. The third-order valence-electron chi connectivity index (χ3n) is 4.46. The van der Waals surface area contributed by atoms with Gasteiger partial charge in [0.1, 0.15) is 0 Å². The number of aliphatic imine (C=N–C) groups is 1. The van der Waals surface area contributed by atoms with Crippen LogP contribution in [0.15, 0.2) is 11.1 Å². The lowest BCUT2D eigenvalue weighted by atomic mass is 10.2. The van der Waals surface area contributed by atoms with E-state index in [1.807, 2.05) is 6.92 Å². The number of guanidine groups is 1. The first kappa shape index (κ1) is 26.2. The third kappa shape index (κ3) is 10.3. The number of aromatic nitrogens is 2. The van der Waals surface area contributed by atoms with E-state index in [-0.39, 0.29) is 24.0 Å². The Morgan fingerprint density at radius 3 is 2.33 bits per heavy atom. The van der Waals surface area contributed by atoms with Crippen LogP contribution in [0.1, 0.15) is 58.8 Å². The van der Waals surface area contributed by atoms with Gasteiger partial charge in [0.05, 0.1) is 5.69 Å². The van der Waals surface area contributed by atoms with Crippen LogP contribution in [0.5, 0.6) is 0 Å². The second kappa shape index (κ2) is 14.2. The molecule has 1 rings (SSSR count). The lowest BCUT2D eigenvalue weighted by Gasteiger charge is -2.30. The van der Waals surface area contributed by atoms with Crippen molar-refractivity contribution < 1.29 is 0 Å². The van der Waals surface area contributed by atoms with Gasteiger partial charge < -0.3 is 10.6 Å². The Kier molecular flexibility index (Phi) is 13.8. The summed E-state index contributed by atoms with van der Waals surface area (Å²) in [5, 5.41) is 11.3. The lowest BCUT2D eigenvalue weighted by molar-refractivity contribution is 0.173. The molecule has 0 fully saturated rings. The number of hydrogen-bond acceptors (Lipinski definition) is 3. The van der Waals surface area contributed by atoms with Gasteiger partial charge in [-0.05, 0) is 67.4 Å². The highest BCUT2D eigenvalue weighted by molar-refractivity contribution is 14.0. The van der Waals surface area contributed by atoms with E-state index < -0.39 is 0 Å². The molecule has 0 spiro atoms. The van der Waals surface area contributed by atoms with Gasteiger partial charge in [-0.3, -0.25) is 14.6 Å². The molecule has 0 aliphatic rings. The van der Waals surface area contributed by atoms with Gasteiger partial charge >= 0.3 is 0 Å². The summed E-state index contributed by atoms with van der Waals surface area (Å²) >= 11 is 0. The Morgan fingerprint density at radius 1 is 1.15 bits per heavy atom. The maximum absolute atomic E-state index is 4.69. The Morgan fingerprint density at radius 2 is 1.81 bits per heavy atom. The van der Waals surface area contributed by atoms with Crippen molar-refractivity contribution in [2.45, 2.75) is 79.9 Å². The van der Waals surface area contributed by atoms with Gasteiger partial charge in [-0.25, -0.2) is 0 Å². The van der Waals surface area contributed by atoms with E-state index in [2.05, 4.69) is 72.9 Å². The number of hydrogen-bond donors (Lipinski definition) is 2. The van der Waals surface area contributed by atoms with Crippen LogP contribution in [-0.4, -0.2) is 58.9 Å². The predicted octanol–water partition coefficient (Wildman–Crippen LogP) is 3.57. The van der Waals surface area contributed by atoms with Crippen molar-refractivity contribution in [2.75, 3.05) is 26.2 Å². The molecule has 27 heavy (non-hydrogen) atoms. The molecule has 0 aliphatic heterocycles. The zero-order valence-electron chi connectivity index (χ0n) is 18.4. The summed E-state index contributed by atoms with van der Waals surface area (Å²) in [6, 6.07) is 3.30. The molecule has 0 amide bonds. The largest absolute Gasteiger partial charge is 0.357 e. The molecule has 158 valence electrons. The molecule has 1 heterocycles. The van der Waals surface area contributed by atoms with E-state index in [1.54, 1.807) is 0 Å². The Bertz CT molecular complexity index is 531. The standard InChI is InChI=1S/C20H40N6.HI/c1-8-21-20(22-11-9-13-25(16(2)3)17(4)5)23-12-10-14-26-19(7)15-18(6)24-26;/h15-17H,8-14H2,1-7H3,(H2,21,22,23);1H. The highest BCUT2D eigenvalue weighted by atomic mass is 127. The minimum atomic E-state index is 0. The zero-order chi connectivity index (χ0) is 19.5. The molecule has 0 saturated carbocycles. The summed E-state index contributed by atoms with van der Waals surface area (Å²) in [6.07, 6.45) is 2.11. The van der Waals surface area contributed by atoms with E-state index in [1.165, 1.54) is 5.69 Å². The molecular weight excluding hydrogens is 451 g/mol. The van der Waals surface area contributed by atoms with Gasteiger partial charge in [0.25, 0.3) is 0 Å². The first-order valence-electron chi connectivity index (χ1n) is 10.1. The molecule has 1 aromatic heterocycles. The number of rotatable bonds is 11. The van der Waals surface area contributed by atoms with Crippen LogP contribution >= 0.6 is 24.0 Å². The van der Waals surface area contributed by atoms with Crippen LogP contribution in [0, 0.1) is 13.8 Å². The van der Waals surface area contributed by atoms with Crippen LogP contribution in [-0.2, 0) is 6.54 Å². The van der Waals surface area contributed by atoms with Crippen LogP contribution in [0.25, 0.3) is 0 Å². The molecule has 0 unspecified atom stereocenters. The fraction of sp³-hybridized carbons (Fsp3) is 0.800. The van der Waals surface area contributed by atoms with Crippen molar-refractivity contribution in [1.82, 2.24) is 25.3 Å². The van der Waals surface area contributed by atoms with E-state index in [0.717, 1.165) is 57.2 Å². The van der Waals surface area contributed by atoms with Gasteiger partial charge in [-0.15, -0.1) is 24.0 Å². The third-order valence-corrected chi connectivity index (χ3v) is 4.46. The highest BCUT2D eigenvalue weighted by Gasteiger charge is 2.12. The van der Waals surface area contributed by atoms with Crippen molar-refractivity contribution in [1.29, 1.82) is 0 Å². The lowest BCUT2D eigenvalue weighted by Crippen LogP contribution is -2.41. The summed E-state index contributed by atoms with van der Waals surface area (Å²) in [5.41, 5.74) is 2.30. The molecule has 0 bridgehead atoms. The van der Waals surface area contributed by atoms with Crippen molar-refractivity contribution in [3.63, 3.8) is 0 Å². The molecule has 7 heteroatoms. The van der Waals surface area contributed by atoms with Crippen molar-refractivity contribution in [2.24, 2.45) is 4.99 Å². The molecule has 0 saturated heterocycles. The number of nitrogens with zero attached hydrogens (tertiary/aromatic N) is 4. The van der Waals surface area contributed by atoms with E-state index in [0.29, 0.717) is 12.1 Å².